The summed E-state index contributed by atoms with van der Waals surface area (Å²) in [6.07, 6.45) is 1.26. The van der Waals surface area contributed by atoms with Gasteiger partial charge in [0.25, 0.3) is 0 Å². The molecular formula is C13H20ClNO. The molecule has 1 N–H and O–H groups in total. The van der Waals surface area contributed by atoms with Crippen LogP contribution in [0.1, 0.15) is 31.9 Å². The van der Waals surface area contributed by atoms with Crippen molar-refractivity contribution in [1.82, 2.24) is 5.32 Å². The van der Waals surface area contributed by atoms with Crippen molar-refractivity contribution < 1.29 is 4.74 Å². The predicted octanol–water partition coefficient (Wildman–Crippen LogP) is 3.42. The number of methoxy groups -OCH3 is 1. The quantitative estimate of drug-likeness (QED) is 0.824. The lowest BCUT2D eigenvalue weighted by atomic mass is 10.0. The molecular weight excluding hydrogens is 222 g/mol. The van der Waals surface area contributed by atoms with E-state index in [2.05, 4.69) is 19.2 Å². The lowest BCUT2D eigenvalue weighted by Crippen LogP contribution is -2.31. The minimum Gasteiger partial charge on any atom is -0.380 e. The van der Waals surface area contributed by atoms with Crippen LogP contribution in [0.4, 0.5) is 0 Å². The third kappa shape index (κ3) is 3.78. The predicted molar refractivity (Wildman–Crippen MR) is 69.0 cm³/mol. The monoisotopic (exact) mass is 241 g/mol. The summed E-state index contributed by atoms with van der Waals surface area (Å²) in [6.45, 7) is 5.21. The van der Waals surface area contributed by atoms with Gasteiger partial charge in [-0.05, 0) is 37.6 Å². The molecule has 0 amide bonds. The van der Waals surface area contributed by atoms with Gasteiger partial charge in [-0.15, -0.1) is 0 Å². The number of hydrogen-bond acceptors (Lipinski definition) is 2. The minimum absolute atomic E-state index is 0.146. The first-order valence-corrected chi connectivity index (χ1v) is 6.08. The molecule has 0 aromatic heterocycles. The summed E-state index contributed by atoms with van der Waals surface area (Å²) in [5.74, 6) is 0. The van der Waals surface area contributed by atoms with Crippen LogP contribution >= 0.6 is 11.6 Å². The maximum atomic E-state index is 5.88. The molecule has 2 unspecified atom stereocenters. The lowest BCUT2D eigenvalue weighted by molar-refractivity contribution is 0.0830. The van der Waals surface area contributed by atoms with Gasteiger partial charge in [-0.1, -0.05) is 30.7 Å². The highest BCUT2D eigenvalue weighted by atomic mass is 35.5. The van der Waals surface area contributed by atoms with Gasteiger partial charge in [0.05, 0.1) is 12.1 Å². The van der Waals surface area contributed by atoms with Crippen LogP contribution in [0.2, 0.25) is 5.02 Å². The number of hydrogen-bond donors (Lipinski definition) is 1. The van der Waals surface area contributed by atoms with E-state index in [1.807, 2.05) is 24.3 Å². The van der Waals surface area contributed by atoms with Gasteiger partial charge in [-0.25, -0.2) is 0 Å². The zero-order valence-electron chi connectivity index (χ0n) is 10.2. The summed E-state index contributed by atoms with van der Waals surface area (Å²) in [4.78, 5) is 0. The first kappa shape index (κ1) is 13.5. The van der Waals surface area contributed by atoms with Gasteiger partial charge < -0.3 is 10.1 Å². The second kappa shape index (κ2) is 6.89. The van der Waals surface area contributed by atoms with Crippen LogP contribution in [0.3, 0.4) is 0 Å². The second-order valence-electron chi connectivity index (χ2n) is 3.92. The Morgan fingerprint density at radius 1 is 1.31 bits per heavy atom. The Morgan fingerprint density at radius 2 is 1.94 bits per heavy atom. The lowest BCUT2D eigenvalue weighted by Gasteiger charge is -2.24. The molecule has 0 aliphatic carbocycles. The molecule has 3 heteroatoms. The van der Waals surface area contributed by atoms with Crippen LogP contribution in [0.5, 0.6) is 0 Å². The number of rotatable bonds is 6. The molecule has 0 heterocycles. The highest BCUT2D eigenvalue weighted by Gasteiger charge is 2.17. The van der Waals surface area contributed by atoms with Crippen molar-refractivity contribution in [2.24, 2.45) is 0 Å². The summed E-state index contributed by atoms with van der Waals surface area (Å²) >= 11 is 5.88. The summed E-state index contributed by atoms with van der Waals surface area (Å²) in [5, 5.41) is 4.25. The van der Waals surface area contributed by atoms with Crippen LogP contribution in [-0.4, -0.2) is 19.8 Å². The first-order chi connectivity index (χ1) is 7.69. The number of halogens is 1. The normalized spacial score (nSPS) is 14.8. The van der Waals surface area contributed by atoms with E-state index in [1.165, 1.54) is 5.56 Å². The standard InChI is InChI=1S/C13H20ClNO/c1-4-9-15-13(10(2)16-3)11-5-7-12(14)8-6-11/h5-8,10,13,15H,4,9H2,1-3H3. The van der Waals surface area contributed by atoms with Gasteiger partial charge in [0.2, 0.25) is 0 Å². The Bertz CT molecular complexity index is 299. The van der Waals surface area contributed by atoms with E-state index in [4.69, 9.17) is 16.3 Å². The molecule has 90 valence electrons. The van der Waals surface area contributed by atoms with Gasteiger partial charge >= 0.3 is 0 Å². The average Bonchev–Trinajstić information content (AvgIpc) is 2.31. The minimum atomic E-state index is 0.146. The number of nitrogens with one attached hydrogen (secondary N) is 1. The topological polar surface area (TPSA) is 21.3 Å². The first-order valence-electron chi connectivity index (χ1n) is 5.70. The van der Waals surface area contributed by atoms with Crippen LogP contribution in [0.25, 0.3) is 0 Å². The second-order valence-corrected chi connectivity index (χ2v) is 4.36. The molecule has 0 saturated heterocycles. The van der Waals surface area contributed by atoms with E-state index in [1.54, 1.807) is 7.11 Å². The number of ether oxygens (including phenoxy) is 1. The van der Waals surface area contributed by atoms with Crippen LogP contribution in [-0.2, 0) is 4.74 Å². The summed E-state index contributed by atoms with van der Waals surface area (Å²) in [7, 11) is 1.74. The van der Waals surface area contributed by atoms with Gasteiger partial charge in [-0.3, -0.25) is 0 Å². The van der Waals surface area contributed by atoms with Crippen molar-refractivity contribution in [1.29, 1.82) is 0 Å². The fraction of sp³-hybridized carbons (Fsp3) is 0.538. The average molecular weight is 242 g/mol. The van der Waals surface area contributed by atoms with Crippen molar-refractivity contribution in [2.75, 3.05) is 13.7 Å². The van der Waals surface area contributed by atoms with Crippen LogP contribution in [0, 0.1) is 0 Å². The van der Waals surface area contributed by atoms with Crippen molar-refractivity contribution in [3.8, 4) is 0 Å². The zero-order chi connectivity index (χ0) is 12.0. The molecule has 2 nitrogen and oxygen atoms in total. The summed E-state index contributed by atoms with van der Waals surface area (Å²) in [6, 6.07) is 8.15. The largest absolute Gasteiger partial charge is 0.380 e. The molecule has 0 aliphatic rings. The fourth-order valence-electron chi connectivity index (χ4n) is 1.66. The van der Waals surface area contributed by atoms with Gasteiger partial charge in [0.1, 0.15) is 0 Å². The molecule has 16 heavy (non-hydrogen) atoms. The Labute approximate surface area is 103 Å². The Morgan fingerprint density at radius 3 is 2.44 bits per heavy atom. The smallest absolute Gasteiger partial charge is 0.0737 e. The van der Waals surface area contributed by atoms with Crippen molar-refractivity contribution in [3.63, 3.8) is 0 Å². The van der Waals surface area contributed by atoms with Crippen molar-refractivity contribution in [2.45, 2.75) is 32.4 Å². The Kier molecular flexibility index (Phi) is 5.81. The van der Waals surface area contributed by atoms with E-state index in [0.717, 1.165) is 18.0 Å². The highest BCUT2D eigenvalue weighted by Crippen LogP contribution is 2.20. The molecule has 0 saturated carbocycles. The Hall–Kier alpha value is -0.570. The van der Waals surface area contributed by atoms with Crippen molar-refractivity contribution in [3.05, 3.63) is 34.9 Å². The molecule has 1 aromatic rings. The molecule has 0 aliphatic heterocycles. The van der Waals surface area contributed by atoms with E-state index in [-0.39, 0.29) is 12.1 Å². The molecule has 1 rings (SSSR count). The maximum absolute atomic E-state index is 5.88. The van der Waals surface area contributed by atoms with Gasteiger partial charge in [0.15, 0.2) is 0 Å². The zero-order valence-corrected chi connectivity index (χ0v) is 10.9. The van der Waals surface area contributed by atoms with E-state index >= 15 is 0 Å². The van der Waals surface area contributed by atoms with E-state index in [0.29, 0.717) is 0 Å². The number of benzene rings is 1. The highest BCUT2D eigenvalue weighted by molar-refractivity contribution is 6.30. The van der Waals surface area contributed by atoms with Crippen LogP contribution in [0.15, 0.2) is 24.3 Å². The third-order valence-electron chi connectivity index (χ3n) is 2.68. The molecule has 0 spiro atoms. The molecule has 0 radical (unpaired) electrons. The third-order valence-corrected chi connectivity index (χ3v) is 2.94. The van der Waals surface area contributed by atoms with Gasteiger partial charge in [-0.2, -0.15) is 0 Å². The summed E-state index contributed by atoms with van der Waals surface area (Å²) < 4.78 is 5.40. The van der Waals surface area contributed by atoms with Gasteiger partial charge in [0, 0.05) is 12.1 Å². The molecule has 0 bridgehead atoms. The Balaban J connectivity index is 2.78. The van der Waals surface area contributed by atoms with E-state index in [9.17, 15) is 0 Å². The molecule has 1 aromatic carbocycles. The fourth-order valence-corrected chi connectivity index (χ4v) is 1.79. The SMILES string of the molecule is CCCNC(c1ccc(Cl)cc1)C(C)OC. The van der Waals surface area contributed by atoms with E-state index < -0.39 is 0 Å². The van der Waals surface area contributed by atoms with Crippen LogP contribution < -0.4 is 5.32 Å². The summed E-state index contributed by atoms with van der Waals surface area (Å²) in [5.41, 5.74) is 1.22. The maximum Gasteiger partial charge on any atom is 0.0737 e. The molecule has 2 atom stereocenters. The van der Waals surface area contributed by atoms with Crippen molar-refractivity contribution >= 4 is 11.6 Å². The molecule has 0 fully saturated rings.